The van der Waals surface area contributed by atoms with Crippen molar-refractivity contribution in [3.05, 3.63) is 29.3 Å². The van der Waals surface area contributed by atoms with Crippen LogP contribution in [-0.4, -0.2) is 11.0 Å². The Morgan fingerprint density at radius 1 is 1.38 bits per heavy atom. The van der Waals surface area contributed by atoms with Gasteiger partial charge in [-0.2, -0.15) is 0 Å². The maximum absolute atomic E-state index is 9.61. The van der Waals surface area contributed by atoms with Crippen molar-refractivity contribution >= 4 is 23.2 Å². The van der Waals surface area contributed by atoms with E-state index in [-0.39, 0.29) is 11.7 Å². The molecule has 0 fully saturated rings. The molecule has 1 unspecified atom stereocenters. The van der Waals surface area contributed by atoms with Gasteiger partial charge >= 0.3 is 0 Å². The van der Waals surface area contributed by atoms with Crippen molar-refractivity contribution in [1.82, 2.24) is 0 Å². The predicted octanol–water partition coefficient (Wildman–Crippen LogP) is 3.47. The number of benzene rings is 1. The molecule has 1 N–H and O–H groups in total. The molecule has 0 aliphatic rings. The normalized spacial score (nSPS) is 12.8. The van der Waals surface area contributed by atoms with Gasteiger partial charge in [0.15, 0.2) is 0 Å². The van der Waals surface area contributed by atoms with Gasteiger partial charge in [-0.05, 0) is 23.1 Å². The topological polar surface area (TPSA) is 20.2 Å². The maximum Gasteiger partial charge on any atom is 0.119 e. The molecule has 0 aromatic heterocycles. The summed E-state index contributed by atoms with van der Waals surface area (Å²) in [5.41, 5.74) is 1.80. The molecule has 3 heteroatoms. The van der Waals surface area contributed by atoms with Crippen LogP contribution in [0, 0.1) is 0 Å². The minimum absolute atomic E-state index is 0.172. The van der Waals surface area contributed by atoms with E-state index in [4.69, 9.17) is 23.2 Å². The van der Waals surface area contributed by atoms with Crippen LogP contribution in [-0.2, 0) is 5.88 Å². The van der Waals surface area contributed by atoms with Gasteiger partial charge in [0, 0.05) is 11.8 Å². The zero-order valence-electron chi connectivity index (χ0n) is 7.43. The molecule has 0 saturated carbocycles. The van der Waals surface area contributed by atoms with E-state index in [2.05, 4.69) is 0 Å². The Bertz CT molecular complexity index is 286. The number of aromatic hydroxyl groups is 1. The van der Waals surface area contributed by atoms with Crippen molar-refractivity contribution in [3.8, 4) is 5.75 Å². The van der Waals surface area contributed by atoms with E-state index in [0.29, 0.717) is 11.8 Å². The van der Waals surface area contributed by atoms with E-state index in [0.717, 1.165) is 11.1 Å². The highest BCUT2D eigenvalue weighted by molar-refractivity contribution is 6.18. The molecule has 0 saturated heterocycles. The number of phenolic OH excluding ortho intramolecular Hbond substituents is 1. The summed E-state index contributed by atoms with van der Waals surface area (Å²) in [6.07, 6.45) is 0. The molecule has 0 bridgehead atoms. The van der Waals surface area contributed by atoms with Gasteiger partial charge in [0.05, 0.1) is 0 Å². The number of rotatable bonds is 3. The molecule has 1 atom stereocenters. The fourth-order valence-corrected chi connectivity index (χ4v) is 1.50. The fraction of sp³-hybridized carbons (Fsp3) is 0.400. The molecule has 0 aliphatic heterocycles. The fourth-order valence-electron chi connectivity index (χ4n) is 1.17. The average Bonchev–Trinajstić information content (AvgIpc) is 2.16. The Kier molecular flexibility index (Phi) is 3.89. The van der Waals surface area contributed by atoms with E-state index in [1.54, 1.807) is 6.07 Å². The zero-order valence-corrected chi connectivity index (χ0v) is 8.94. The van der Waals surface area contributed by atoms with Crippen molar-refractivity contribution in [3.63, 3.8) is 0 Å². The Balaban J connectivity index is 2.98. The van der Waals surface area contributed by atoms with Crippen LogP contribution in [0.25, 0.3) is 0 Å². The smallest absolute Gasteiger partial charge is 0.119 e. The standard InChI is InChI=1S/C10H12Cl2O/c1-7(5-11)9-3-2-8(6-12)4-10(9)13/h2-4,7,13H,5-6H2,1H3. The highest BCUT2D eigenvalue weighted by atomic mass is 35.5. The SMILES string of the molecule is CC(CCl)c1ccc(CCl)cc1O. The Morgan fingerprint density at radius 3 is 2.54 bits per heavy atom. The second kappa shape index (κ2) is 4.73. The van der Waals surface area contributed by atoms with Gasteiger partial charge < -0.3 is 5.11 Å². The first-order valence-electron chi connectivity index (χ1n) is 4.12. The summed E-state index contributed by atoms with van der Waals surface area (Å²) >= 11 is 11.3. The third-order valence-corrected chi connectivity index (χ3v) is 2.78. The van der Waals surface area contributed by atoms with Crippen LogP contribution in [0.15, 0.2) is 18.2 Å². The monoisotopic (exact) mass is 218 g/mol. The molecule has 13 heavy (non-hydrogen) atoms. The molecule has 0 amide bonds. The summed E-state index contributed by atoms with van der Waals surface area (Å²) < 4.78 is 0. The predicted molar refractivity (Wildman–Crippen MR) is 56.8 cm³/mol. The van der Waals surface area contributed by atoms with Gasteiger partial charge in [-0.1, -0.05) is 19.1 Å². The van der Waals surface area contributed by atoms with Crippen LogP contribution in [0.2, 0.25) is 0 Å². The summed E-state index contributed by atoms with van der Waals surface area (Å²) in [5.74, 6) is 1.38. The van der Waals surface area contributed by atoms with Crippen molar-refractivity contribution in [2.24, 2.45) is 0 Å². The minimum Gasteiger partial charge on any atom is -0.508 e. The highest BCUT2D eigenvalue weighted by Crippen LogP contribution is 2.27. The molecule has 1 aromatic carbocycles. The molecule has 1 rings (SSSR count). The first-order valence-corrected chi connectivity index (χ1v) is 5.19. The Hall–Kier alpha value is -0.400. The lowest BCUT2D eigenvalue weighted by atomic mass is 10.0. The third-order valence-electron chi connectivity index (χ3n) is 2.01. The lowest BCUT2D eigenvalue weighted by Gasteiger charge is -2.10. The maximum atomic E-state index is 9.61. The molecule has 72 valence electrons. The van der Waals surface area contributed by atoms with Crippen LogP contribution in [0.4, 0.5) is 0 Å². The van der Waals surface area contributed by atoms with Gasteiger partial charge in [-0.25, -0.2) is 0 Å². The van der Waals surface area contributed by atoms with Crippen molar-refractivity contribution < 1.29 is 5.11 Å². The van der Waals surface area contributed by atoms with E-state index >= 15 is 0 Å². The average molecular weight is 219 g/mol. The second-order valence-corrected chi connectivity index (χ2v) is 3.66. The number of halogens is 2. The second-order valence-electron chi connectivity index (χ2n) is 3.08. The summed E-state index contributed by atoms with van der Waals surface area (Å²) in [6, 6.07) is 5.47. The van der Waals surface area contributed by atoms with Crippen LogP contribution >= 0.6 is 23.2 Å². The molecule has 1 aromatic rings. The number of hydrogen-bond donors (Lipinski definition) is 1. The van der Waals surface area contributed by atoms with Gasteiger partial charge in [0.1, 0.15) is 5.75 Å². The number of alkyl halides is 2. The Labute approximate surface area is 88.3 Å². The molecule has 1 nitrogen and oxygen atoms in total. The molecule has 0 heterocycles. The molecular formula is C10H12Cl2O. The van der Waals surface area contributed by atoms with E-state index in [1.807, 2.05) is 19.1 Å². The van der Waals surface area contributed by atoms with Crippen molar-refractivity contribution in [2.75, 3.05) is 5.88 Å². The zero-order chi connectivity index (χ0) is 9.84. The van der Waals surface area contributed by atoms with Crippen LogP contribution in [0.3, 0.4) is 0 Å². The quantitative estimate of drug-likeness (QED) is 0.771. The summed E-state index contributed by atoms with van der Waals surface area (Å²) in [5, 5.41) is 9.61. The molecule has 0 radical (unpaired) electrons. The van der Waals surface area contributed by atoms with Gasteiger partial charge in [-0.15, -0.1) is 23.2 Å². The van der Waals surface area contributed by atoms with Crippen LogP contribution in [0.1, 0.15) is 24.0 Å². The summed E-state index contributed by atoms with van der Waals surface area (Å²) in [7, 11) is 0. The Morgan fingerprint density at radius 2 is 2.08 bits per heavy atom. The number of phenols is 1. The van der Waals surface area contributed by atoms with E-state index in [9.17, 15) is 5.11 Å². The lowest BCUT2D eigenvalue weighted by Crippen LogP contribution is -1.95. The molecular weight excluding hydrogens is 207 g/mol. The molecule has 0 spiro atoms. The minimum atomic E-state index is 0.172. The largest absolute Gasteiger partial charge is 0.508 e. The lowest BCUT2D eigenvalue weighted by molar-refractivity contribution is 0.464. The first kappa shape index (κ1) is 10.7. The van der Waals surface area contributed by atoms with Crippen LogP contribution in [0.5, 0.6) is 5.75 Å². The van der Waals surface area contributed by atoms with Crippen LogP contribution < -0.4 is 0 Å². The molecule has 0 aliphatic carbocycles. The highest BCUT2D eigenvalue weighted by Gasteiger charge is 2.09. The van der Waals surface area contributed by atoms with Gasteiger partial charge in [0.2, 0.25) is 0 Å². The number of hydrogen-bond acceptors (Lipinski definition) is 1. The van der Waals surface area contributed by atoms with Crippen molar-refractivity contribution in [2.45, 2.75) is 18.7 Å². The summed E-state index contributed by atoms with van der Waals surface area (Å²) in [6.45, 7) is 1.97. The first-order chi connectivity index (χ1) is 6.19. The van der Waals surface area contributed by atoms with E-state index < -0.39 is 0 Å². The van der Waals surface area contributed by atoms with E-state index in [1.165, 1.54) is 0 Å². The van der Waals surface area contributed by atoms with Gasteiger partial charge in [0.25, 0.3) is 0 Å². The summed E-state index contributed by atoms with van der Waals surface area (Å²) in [4.78, 5) is 0. The van der Waals surface area contributed by atoms with Crippen molar-refractivity contribution in [1.29, 1.82) is 0 Å². The van der Waals surface area contributed by atoms with Gasteiger partial charge in [-0.3, -0.25) is 0 Å². The third kappa shape index (κ3) is 2.52.